The van der Waals surface area contributed by atoms with Gasteiger partial charge in [-0.3, -0.25) is 0 Å². The summed E-state index contributed by atoms with van der Waals surface area (Å²) >= 11 is 0. The van der Waals surface area contributed by atoms with Gasteiger partial charge in [0, 0.05) is 6.04 Å². The molecule has 2 nitrogen and oxygen atoms in total. The molecular weight excluding hydrogens is 222 g/mol. The number of aliphatic hydroxyl groups excluding tert-OH is 1. The quantitative estimate of drug-likeness (QED) is 0.841. The van der Waals surface area contributed by atoms with Crippen LogP contribution in [0.1, 0.15) is 45.3 Å². The van der Waals surface area contributed by atoms with Crippen LogP contribution in [0, 0.1) is 11.3 Å². The van der Waals surface area contributed by atoms with Crippen molar-refractivity contribution in [1.29, 1.82) is 0 Å². The van der Waals surface area contributed by atoms with Gasteiger partial charge in [0.25, 0.3) is 0 Å². The summed E-state index contributed by atoms with van der Waals surface area (Å²) in [6.07, 6.45) is 1.87. The standard InChI is InChI=1S/C16H25NO/c1-16(2,3)13-9-10-17-14(11-13)15(18)12-7-5-4-6-8-12/h4-8,13-15,17-18H,9-11H2,1-3H3/t13-,14+,15-/m0/s1. The molecule has 0 radical (unpaired) electrons. The molecule has 18 heavy (non-hydrogen) atoms. The molecule has 1 aliphatic rings. The zero-order valence-corrected chi connectivity index (χ0v) is 11.7. The maximum Gasteiger partial charge on any atom is 0.0943 e. The van der Waals surface area contributed by atoms with E-state index < -0.39 is 6.10 Å². The van der Waals surface area contributed by atoms with Crippen LogP contribution in [-0.4, -0.2) is 17.7 Å². The number of hydrogen-bond donors (Lipinski definition) is 2. The maximum atomic E-state index is 10.5. The molecule has 1 aromatic rings. The fourth-order valence-corrected chi connectivity index (χ4v) is 2.86. The van der Waals surface area contributed by atoms with Gasteiger partial charge < -0.3 is 10.4 Å². The average molecular weight is 247 g/mol. The predicted molar refractivity (Wildman–Crippen MR) is 75.4 cm³/mol. The molecule has 0 spiro atoms. The minimum atomic E-state index is -0.392. The lowest BCUT2D eigenvalue weighted by molar-refractivity contribution is 0.0705. The summed E-state index contributed by atoms with van der Waals surface area (Å²) in [4.78, 5) is 0. The van der Waals surface area contributed by atoms with Gasteiger partial charge in [-0.1, -0.05) is 51.1 Å². The summed E-state index contributed by atoms with van der Waals surface area (Å²) in [5, 5.41) is 13.9. The molecule has 2 rings (SSSR count). The first-order valence-electron chi connectivity index (χ1n) is 6.95. The first-order valence-corrected chi connectivity index (χ1v) is 6.95. The molecule has 0 bridgehead atoms. The van der Waals surface area contributed by atoms with Crippen molar-refractivity contribution in [3.63, 3.8) is 0 Å². The second-order valence-electron chi connectivity index (χ2n) is 6.50. The number of rotatable bonds is 2. The zero-order valence-electron chi connectivity index (χ0n) is 11.7. The van der Waals surface area contributed by atoms with Crippen molar-refractivity contribution >= 4 is 0 Å². The minimum absolute atomic E-state index is 0.186. The van der Waals surface area contributed by atoms with Crippen molar-refractivity contribution in [2.45, 2.75) is 45.8 Å². The summed E-state index contributed by atoms with van der Waals surface area (Å²) in [5.41, 5.74) is 1.35. The number of aliphatic hydroxyl groups is 1. The maximum absolute atomic E-state index is 10.5. The first-order chi connectivity index (χ1) is 8.48. The highest BCUT2D eigenvalue weighted by atomic mass is 16.3. The smallest absolute Gasteiger partial charge is 0.0943 e. The molecule has 2 N–H and O–H groups in total. The number of benzene rings is 1. The van der Waals surface area contributed by atoms with Gasteiger partial charge in [-0.2, -0.15) is 0 Å². The molecule has 1 heterocycles. The Morgan fingerprint density at radius 1 is 1.22 bits per heavy atom. The second-order valence-corrected chi connectivity index (χ2v) is 6.50. The van der Waals surface area contributed by atoms with Crippen molar-refractivity contribution in [3.05, 3.63) is 35.9 Å². The van der Waals surface area contributed by atoms with Crippen LogP contribution in [0.15, 0.2) is 30.3 Å². The van der Waals surface area contributed by atoms with Gasteiger partial charge in [-0.05, 0) is 36.3 Å². The predicted octanol–water partition coefficient (Wildman–Crippen LogP) is 3.13. The summed E-state index contributed by atoms with van der Waals surface area (Å²) in [6, 6.07) is 10.2. The van der Waals surface area contributed by atoms with Crippen LogP contribution >= 0.6 is 0 Å². The second kappa shape index (κ2) is 5.41. The molecule has 100 valence electrons. The van der Waals surface area contributed by atoms with Crippen LogP contribution in [0.4, 0.5) is 0 Å². The Balaban J connectivity index is 2.05. The van der Waals surface area contributed by atoms with E-state index in [0.717, 1.165) is 18.5 Å². The molecule has 1 aliphatic heterocycles. The van der Waals surface area contributed by atoms with E-state index in [1.807, 2.05) is 30.3 Å². The SMILES string of the molecule is CC(C)(C)[C@H]1CCN[C@@H]([C@@H](O)c2ccccc2)C1. The van der Waals surface area contributed by atoms with E-state index in [2.05, 4.69) is 26.1 Å². The molecule has 0 saturated carbocycles. The zero-order chi connectivity index (χ0) is 13.2. The van der Waals surface area contributed by atoms with E-state index in [9.17, 15) is 5.11 Å². The lowest BCUT2D eigenvalue weighted by atomic mass is 9.72. The molecule has 1 saturated heterocycles. The molecular formula is C16H25NO. The van der Waals surface area contributed by atoms with E-state index in [0.29, 0.717) is 11.3 Å². The Labute approximate surface area is 110 Å². The van der Waals surface area contributed by atoms with Crippen molar-refractivity contribution < 1.29 is 5.11 Å². The molecule has 0 aliphatic carbocycles. The van der Waals surface area contributed by atoms with Crippen molar-refractivity contribution in [2.75, 3.05) is 6.54 Å². The molecule has 0 amide bonds. The first kappa shape index (κ1) is 13.6. The molecule has 1 fully saturated rings. The monoisotopic (exact) mass is 247 g/mol. The summed E-state index contributed by atoms with van der Waals surface area (Å²) in [7, 11) is 0. The number of nitrogens with one attached hydrogen (secondary N) is 1. The highest BCUT2D eigenvalue weighted by molar-refractivity contribution is 5.19. The highest BCUT2D eigenvalue weighted by Gasteiger charge is 2.33. The van der Waals surface area contributed by atoms with E-state index in [1.165, 1.54) is 6.42 Å². The summed E-state index contributed by atoms with van der Waals surface area (Å²) in [5.74, 6) is 0.683. The van der Waals surface area contributed by atoms with Gasteiger partial charge in [0.1, 0.15) is 0 Å². The van der Waals surface area contributed by atoms with Gasteiger partial charge in [0.05, 0.1) is 6.10 Å². The van der Waals surface area contributed by atoms with Gasteiger partial charge in [-0.25, -0.2) is 0 Å². The normalized spacial score (nSPS) is 26.9. The van der Waals surface area contributed by atoms with Crippen LogP contribution in [0.25, 0.3) is 0 Å². The molecule has 2 heteroatoms. The average Bonchev–Trinajstić information content (AvgIpc) is 2.38. The number of hydrogen-bond acceptors (Lipinski definition) is 2. The molecule has 0 aromatic heterocycles. The van der Waals surface area contributed by atoms with Crippen molar-refractivity contribution in [2.24, 2.45) is 11.3 Å². The van der Waals surface area contributed by atoms with Crippen LogP contribution in [0.3, 0.4) is 0 Å². The van der Waals surface area contributed by atoms with E-state index in [-0.39, 0.29) is 6.04 Å². The minimum Gasteiger partial charge on any atom is -0.387 e. The molecule has 1 aromatic carbocycles. The summed E-state index contributed by atoms with van der Waals surface area (Å²) < 4.78 is 0. The van der Waals surface area contributed by atoms with E-state index in [4.69, 9.17) is 0 Å². The van der Waals surface area contributed by atoms with Gasteiger partial charge in [-0.15, -0.1) is 0 Å². The fourth-order valence-electron chi connectivity index (χ4n) is 2.86. The number of piperidine rings is 1. The molecule has 3 atom stereocenters. The Morgan fingerprint density at radius 3 is 2.50 bits per heavy atom. The third-order valence-electron chi connectivity index (χ3n) is 4.18. The van der Waals surface area contributed by atoms with Gasteiger partial charge in [0.2, 0.25) is 0 Å². The van der Waals surface area contributed by atoms with Crippen LogP contribution in [0.5, 0.6) is 0 Å². The highest BCUT2D eigenvalue weighted by Crippen LogP contribution is 2.36. The Bertz CT molecular complexity index is 368. The topological polar surface area (TPSA) is 32.3 Å². The Hall–Kier alpha value is -0.860. The van der Waals surface area contributed by atoms with E-state index >= 15 is 0 Å². The van der Waals surface area contributed by atoms with E-state index in [1.54, 1.807) is 0 Å². The van der Waals surface area contributed by atoms with Crippen LogP contribution in [-0.2, 0) is 0 Å². The summed E-state index contributed by atoms with van der Waals surface area (Å²) in [6.45, 7) is 7.91. The Morgan fingerprint density at radius 2 is 1.89 bits per heavy atom. The lowest BCUT2D eigenvalue weighted by Crippen LogP contribution is -2.45. The van der Waals surface area contributed by atoms with Crippen molar-refractivity contribution in [3.8, 4) is 0 Å². The van der Waals surface area contributed by atoms with Gasteiger partial charge in [0.15, 0.2) is 0 Å². The van der Waals surface area contributed by atoms with Crippen molar-refractivity contribution in [1.82, 2.24) is 5.32 Å². The molecule has 0 unspecified atom stereocenters. The lowest BCUT2D eigenvalue weighted by Gasteiger charge is -2.40. The van der Waals surface area contributed by atoms with Gasteiger partial charge >= 0.3 is 0 Å². The third-order valence-corrected chi connectivity index (χ3v) is 4.18. The third kappa shape index (κ3) is 3.12. The largest absolute Gasteiger partial charge is 0.387 e. The Kier molecular flexibility index (Phi) is 4.08. The van der Waals surface area contributed by atoms with Crippen LogP contribution in [0.2, 0.25) is 0 Å². The van der Waals surface area contributed by atoms with Crippen LogP contribution < -0.4 is 5.32 Å². The fraction of sp³-hybridized carbons (Fsp3) is 0.625.